The topological polar surface area (TPSA) is 18.5 Å². The maximum Gasteiger partial charge on any atom is 0.658 e. The molecule has 1 aliphatic rings. The second-order valence-electron chi connectivity index (χ2n) is 9.61. The Morgan fingerprint density at radius 3 is 1.42 bits per heavy atom. The third-order valence-electron chi connectivity index (χ3n) is 4.95. The maximum atomic E-state index is 6.05. The van der Waals surface area contributed by atoms with Crippen LogP contribution in [0.25, 0.3) is 0 Å². The van der Waals surface area contributed by atoms with Gasteiger partial charge in [-0.3, -0.25) is 0 Å². The van der Waals surface area contributed by atoms with E-state index in [0.717, 1.165) is 17.9 Å². The average Bonchev–Trinajstić information content (AvgIpc) is 2.46. The molecule has 0 atom stereocenters. The van der Waals surface area contributed by atoms with Crippen LogP contribution >= 0.6 is 0 Å². The molecule has 0 unspecified atom stereocenters. The largest absolute Gasteiger partial charge is 0.658 e. The van der Waals surface area contributed by atoms with Gasteiger partial charge in [0.05, 0.1) is 0 Å². The third-order valence-corrected chi connectivity index (χ3v) is 4.95. The monoisotopic (exact) mass is 349 g/mol. The van der Waals surface area contributed by atoms with E-state index < -0.39 is 0 Å². The van der Waals surface area contributed by atoms with Gasteiger partial charge in [0.15, 0.2) is 0 Å². The fourth-order valence-electron chi connectivity index (χ4n) is 3.68. The summed E-state index contributed by atoms with van der Waals surface area (Å²) in [6.07, 6.45) is 0.814. The summed E-state index contributed by atoms with van der Waals surface area (Å²) in [5.41, 5.74) is 7.44. The molecule has 2 nitrogen and oxygen atoms in total. The average molecular weight is 349 g/mol. The molecule has 0 spiro atoms. The summed E-state index contributed by atoms with van der Waals surface area (Å²) in [4.78, 5) is 0. The lowest BCUT2D eigenvalue weighted by Gasteiger charge is -2.30. The first-order chi connectivity index (χ1) is 12.0. The molecule has 0 aliphatic carbocycles. The predicted octanol–water partition coefficient (Wildman–Crippen LogP) is 5.79. The van der Waals surface area contributed by atoms with Crippen molar-refractivity contribution < 1.29 is 9.31 Å². The van der Waals surface area contributed by atoms with Crippen LogP contribution in [0.3, 0.4) is 0 Å². The standard InChI is InChI=1S/C23H30BO2/c1-14-9-16-13-17-10-15(2)12-19(23(6,7)8)21(17)26-24-25-20(16)18(11-14)22(3,4)5/h9-12H,13H2,1-8H3. The van der Waals surface area contributed by atoms with Crippen molar-refractivity contribution in [2.45, 2.75) is 72.6 Å². The number of aryl methyl sites for hydroxylation is 2. The predicted molar refractivity (Wildman–Crippen MR) is 110 cm³/mol. The van der Waals surface area contributed by atoms with Crippen LogP contribution in [0.5, 0.6) is 11.5 Å². The van der Waals surface area contributed by atoms with Gasteiger partial charge in [0.2, 0.25) is 0 Å². The normalized spacial score (nSPS) is 14.2. The van der Waals surface area contributed by atoms with Gasteiger partial charge in [-0.2, -0.15) is 0 Å². The van der Waals surface area contributed by atoms with Crippen LogP contribution in [0.2, 0.25) is 0 Å². The first-order valence-corrected chi connectivity index (χ1v) is 9.40. The Labute approximate surface area is 159 Å². The van der Waals surface area contributed by atoms with Crippen LogP contribution < -0.4 is 9.31 Å². The zero-order chi connectivity index (χ0) is 19.3. The smallest absolute Gasteiger partial charge is 0.526 e. The van der Waals surface area contributed by atoms with Gasteiger partial charge < -0.3 is 9.31 Å². The lowest BCUT2D eigenvalue weighted by Crippen LogP contribution is -2.23. The van der Waals surface area contributed by atoms with Crippen molar-refractivity contribution in [1.82, 2.24) is 0 Å². The number of hydrogen-bond donors (Lipinski definition) is 0. The fraction of sp³-hybridized carbons (Fsp3) is 0.478. The van der Waals surface area contributed by atoms with Crippen LogP contribution in [0.15, 0.2) is 24.3 Å². The molecule has 26 heavy (non-hydrogen) atoms. The van der Waals surface area contributed by atoms with E-state index in [1.54, 1.807) is 0 Å². The van der Waals surface area contributed by atoms with Crippen molar-refractivity contribution in [2.75, 3.05) is 0 Å². The molecule has 0 bridgehead atoms. The lowest BCUT2D eigenvalue weighted by atomic mass is 9.81. The van der Waals surface area contributed by atoms with E-state index in [0.29, 0.717) is 0 Å². The van der Waals surface area contributed by atoms with Crippen molar-refractivity contribution >= 4 is 7.69 Å². The van der Waals surface area contributed by atoms with Gasteiger partial charge in [-0.1, -0.05) is 76.9 Å². The van der Waals surface area contributed by atoms with E-state index >= 15 is 0 Å². The third kappa shape index (κ3) is 3.63. The molecule has 1 radical (unpaired) electrons. The van der Waals surface area contributed by atoms with E-state index in [1.165, 1.54) is 41.1 Å². The van der Waals surface area contributed by atoms with E-state index in [2.05, 4.69) is 79.7 Å². The zero-order valence-electron chi connectivity index (χ0n) is 17.4. The summed E-state index contributed by atoms with van der Waals surface area (Å²) in [6, 6.07) is 8.94. The molecule has 3 heteroatoms. The van der Waals surface area contributed by atoms with Gasteiger partial charge in [0, 0.05) is 6.42 Å². The van der Waals surface area contributed by atoms with Gasteiger partial charge in [0.1, 0.15) is 11.5 Å². The van der Waals surface area contributed by atoms with Gasteiger partial charge in [-0.25, -0.2) is 0 Å². The van der Waals surface area contributed by atoms with Crippen LogP contribution in [0.4, 0.5) is 0 Å². The molecule has 2 aromatic carbocycles. The summed E-state index contributed by atoms with van der Waals surface area (Å²) in [5, 5.41) is 0. The molecular weight excluding hydrogens is 319 g/mol. The fourth-order valence-corrected chi connectivity index (χ4v) is 3.68. The van der Waals surface area contributed by atoms with Crippen LogP contribution in [0, 0.1) is 13.8 Å². The molecule has 0 fully saturated rings. The molecule has 0 aromatic heterocycles. The van der Waals surface area contributed by atoms with Gasteiger partial charge in [0.25, 0.3) is 0 Å². The molecule has 1 aliphatic heterocycles. The first kappa shape index (κ1) is 18.9. The van der Waals surface area contributed by atoms with Crippen molar-refractivity contribution in [1.29, 1.82) is 0 Å². The first-order valence-electron chi connectivity index (χ1n) is 9.40. The summed E-state index contributed by atoms with van der Waals surface area (Å²) >= 11 is 0. The summed E-state index contributed by atoms with van der Waals surface area (Å²) in [7, 11) is 1.51. The molecule has 137 valence electrons. The molecule has 1 heterocycles. The highest BCUT2D eigenvalue weighted by Crippen LogP contribution is 2.41. The summed E-state index contributed by atoms with van der Waals surface area (Å²) in [5.74, 6) is 1.88. The number of benzene rings is 2. The summed E-state index contributed by atoms with van der Waals surface area (Å²) in [6.45, 7) is 17.7. The maximum absolute atomic E-state index is 6.05. The van der Waals surface area contributed by atoms with Gasteiger partial charge >= 0.3 is 7.69 Å². The highest BCUT2D eigenvalue weighted by Gasteiger charge is 2.28. The van der Waals surface area contributed by atoms with Crippen molar-refractivity contribution in [3.05, 3.63) is 57.6 Å². The highest BCUT2D eigenvalue weighted by atomic mass is 16.6. The Kier molecular flexibility index (Phi) is 4.63. The van der Waals surface area contributed by atoms with Crippen molar-refractivity contribution in [3.63, 3.8) is 0 Å². The SMILES string of the molecule is Cc1cc2c(c(C(C)(C)C)c1)O[B]Oc1c(cc(C)cc1C(C)(C)C)C2. The Morgan fingerprint density at radius 1 is 0.692 bits per heavy atom. The van der Waals surface area contributed by atoms with E-state index in [9.17, 15) is 0 Å². The van der Waals surface area contributed by atoms with E-state index in [4.69, 9.17) is 9.31 Å². The quantitative estimate of drug-likeness (QED) is 0.560. The molecule has 0 N–H and O–H groups in total. The molecule has 3 rings (SSSR count). The van der Waals surface area contributed by atoms with Crippen LogP contribution in [0.1, 0.15) is 74.9 Å². The zero-order valence-corrected chi connectivity index (χ0v) is 17.4. The van der Waals surface area contributed by atoms with Crippen LogP contribution in [-0.2, 0) is 17.3 Å². The second-order valence-corrected chi connectivity index (χ2v) is 9.61. The van der Waals surface area contributed by atoms with Crippen molar-refractivity contribution in [2.24, 2.45) is 0 Å². The Bertz CT molecular complexity index is 769. The van der Waals surface area contributed by atoms with E-state index in [1.807, 2.05) is 0 Å². The summed E-state index contributed by atoms with van der Waals surface area (Å²) < 4.78 is 12.1. The van der Waals surface area contributed by atoms with Gasteiger partial charge in [-0.05, 0) is 46.9 Å². The molecule has 2 aromatic rings. The Morgan fingerprint density at radius 2 is 1.08 bits per heavy atom. The van der Waals surface area contributed by atoms with E-state index in [-0.39, 0.29) is 10.8 Å². The van der Waals surface area contributed by atoms with Crippen molar-refractivity contribution in [3.8, 4) is 11.5 Å². The minimum absolute atomic E-state index is 0.00907. The minimum Gasteiger partial charge on any atom is -0.526 e. The Hall–Kier alpha value is -1.90. The number of fused-ring (bicyclic) bond motifs is 2. The highest BCUT2D eigenvalue weighted by molar-refractivity contribution is 6.21. The number of rotatable bonds is 0. The molecular formula is C23H30BO2. The van der Waals surface area contributed by atoms with Crippen LogP contribution in [-0.4, -0.2) is 7.69 Å². The molecule has 0 amide bonds. The minimum atomic E-state index is 0.00907. The second kappa shape index (κ2) is 6.37. The number of hydrogen-bond acceptors (Lipinski definition) is 2. The molecule has 0 saturated carbocycles. The lowest BCUT2D eigenvalue weighted by molar-refractivity contribution is 0.423. The van der Waals surface area contributed by atoms with Gasteiger partial charge in [-0.15, -0.1) is 0 Å². The molecule has 0 saturated heterocycles. The Balaban J connectivity index is 2.20.